The molecule has 0 bridgehead atoms. The topological polar surface area (TPSA) is 47.6 Å². The number of ether oxygens (including phenoxy) is 2. The van der Waals surface area contributed by atoms with Crippen LogP contribution in [0.15, 0.2) is 24.3 Å². The average molecular weight is 283 g/mol. The highest BCUT2D eigenvalue weighted by atomic mass is 19.1. The van der Waals surface area contributed by atoms with Crippen LogP contribution in [0.2, 0.25) is 0 Å². The highest BCUT2D eigenvalue weighted by Crippen LogP contribution is 2.10. The first-order valence-electron chi connectivity index (χ1n) is 6.97. The Morgan fingerprint density at radius 1 is 1.20 bits per heavy atom. The zero-order valence-electron chi connectivity index (χ0n) is 11.9. The summed E-state index contributed by atoms with van der Waals surface area (Å²) < 4.78 is 22.9. The van der Waals surface area contributed by atoms with E-state index in [0.29, 0.717) is 25.4 Å². The van der Waals surface area contributed by atoms with Gasteiger partial charge in [0.2, 0.25) is 0 Å². The molecule has 0 fully saturated rings. The molecule has 0 aliphatic rings. The monoisotopic (exact) mass is 283 g/mol. The molecular weight excluding hydrogens is 261 g/mol. The van der Waals surface area contributed by atoms with Gasteiger partial charge in [0.25, 0.3) is 0 Å². The molecule has 4 nitrogen and oxygen atoms in total. The van der Waals surface area contributed by atoms with Crippen molar-refractivity contribution < 1.29 is 18.7 Å². The van der Waals surface area contributed by atoms with Crippen LogP contribution in [-0.2, 0) is 9.53 Å². The van der Waals surface area contributed by atoms with Gasteiger partial charge in [-0.25, -0.2) is 4.39 Å². The van der Waals surface area contributed by atoms with Crippen LogP contribution in [0.4, 0.5) is 4.39 Å². The maximum Gasteiger partial charge on any atom is 0.305 e. The van der Waals surface area contributed by atoms with Crippen LogP contribution in [0.25, 0.3) is 0 Å². The van der Waals surface area contributed by atoms with E-state index in [9.17, 15) is 9.18 Å². The van der Waals surface area contributed by atoms with Gasteiger partial charge in [0.1, 0.15) is 11.6 Å². The highest BCUT2D eigenvalue weighted by molar-refractivity contribution is 5.69. The van der Waals surface area contributed by atoms with E-state index < -0.39 is 0 Å². The Bertz CT molecular complexity index is 381. The molecule has 0 aliphatic heterocycles. The van der Waals surface area contributed by atoms with Crippen LogP contribution in [0, 0.1) is 5.82 Å². The number of esters is 1. The zero-order chi connectivity index (χ0) is 14.6. The van der Waals surface area contributed by atoms with E-state index in [0.717, 1.165) is 25.9 Å². The Labute approximate surface area is 119 Å². The number of rotatable bonds is 10. The number of carbonyl (C=O) groups is 1. The minimum Gasteiger partial charge on any atom is -0.494 e. The molecule has 1 N–H and O–H groups in total. The molecule has 0 saturated carbocycles. The van der Waals surface area contributed by atoms with E-state index in [4.69, 9.17) is 9.47 Å². The van der Waals surface area contributed by atoms with Gasteiger partial charge >= 0.3 is 5.97 Å². The fourth-order valence-electron chi connectivity index (χ4n) is 1.63. The summed E-state index contributed by atoms with van der Waals surface area (Å²) in [7, 11) is 0. The van der Waals surface area contributed by atoms with Crippen molar-refractivity contribution in [1.29, 1.82) is 0 Å². The molecule has 0 saturated heterocycles. The second-order valence-corrected chi connectivity index (χ2v) is 4.31. The first kappa shape index (κ1) is 16.4. The number of carbonyl (C=O) groups excluding carboxylic acids is 1. The maximum atomic E-state index is 12.7. The Balaban J connectivity index is 1.92. The SMILES string of the molecule is CCOC(=O)CCCNCCCOc1ccc(F)cc1. The van der Waals surface area contributed by atoms with Crippen molar-refractivity contribution in [3.8, 4) is 5.75 Å². The molecule has 0 amide bonds. The first-order chi connectivity index (χ1) is 9.72. The fourth-order valence-corrected chi connectivity index (χ4v) is 1.63. The first-order valence-corrected chi connectivity index (χ1v) is 6.97. The highest BCUT2D eigenvalue weighted by Gasteiger charge is 2.00. The summed E-state index contributed by atoms with van der Waals surface area (Å²) in [5.74, 6) is 0.267. The molecule has 112 valence electrons. The van der Waals surface area contributed by atoms with Crippen LogP contribution in [-0.4, -0.2) is 32.3 Å². The molecule has 0 radical (unpaired) electrons. The Morgan fingerprint density at radius 2 is 1.90 bits per heavy atom. The smallest absolute Gasteiger partial charge is 0.305 e. The van der Waals surface area contributed by atoms with Crippen LogP contribution in [0.1, 0.15) is 26.2 Å². The molecule has 1 aromatic rings. The molecule has 5 heteroatoms. The quantitative estimate of drug-likeness (QED) is 0.529. The molecule has 0 spiro atoms. The minimum absolute atomic E-state index is 0.144. The van der Waals surface area contributed by atoms with Gasteiger partial charge < -0.3 is 14.8 Å². The van der Waals surface area contributed by atoms with Gasteiger partial charge in [-0.15, -0.1) is 0 Å². The van der Waals surface area contributed by atoms with Gasteiger partial charge in [-0.1, -0.05) is 0 Å². The van der Waals surface area contributed by atoms with Gasteiger partial charge in [0, 0.05) is 6.42 Å². The zero-order valence-corrected chi connectivity index (χ0v) is 11.9. The Kier molecular flexibility index (Phi) is 8.38. The lowest BCUT2D eigenvalue weighted by Crippen LogP contribution is -2.19. The summed E-state index contributed by atoms with van der Waals surface area (Å²) in [5, 5.41) is 3.23. The van der Waals surface area contributed by atoms with Crippen LogP contribution in [0.3, 0.4) is 0 Å². The summed E-state index contributed by atoms with van der Waals surface area (Å²) in [5.41, 5.74) is 0. The van der Waals surface area contributed by atoms with Crippen molar-refractivity contribution in [1.82, 2.24) is 5.32 Å². The second-order valence-electron chi connectivity index (χ2n) is 4.31. The largest absolute Gasteiger partial charge is 0.494 e. The van der Waals surface area contributed by atoms with Crippen molar-refractivity contribution in [2.45, 2.75) is 26.2 Å². The average Bonchev–Trinajstić information content (AvgIpc) is 2.44. The number of benzene rings is 1. The van der Waals surface area contributed by atoms with Gasteiger partial charge in [0.05, 0.1) is 13.2 Å². The molecule has 0 heterocycles. The number of hydrogen-bond acceptors (Lipinski definition) is 4. The lowest BCUT2D eigenvalue weighted by molar-refractivity contribution is -0.143. The molecular formula is C15H22FNO3. The van der Waals surface area contributed by atoms with Crippen LogP contribution >= 0.6 is 0 Å². The third-order valence-corrected chi connectivity index (χ3v) is 2.62. The molecule has 0 atom stereocenters. The number of halogens is 1. The van der Waals surface area contributed by atoms with Gasteiger partial charge in [-0.3, -0.25) is 4.79 Å². The lowest BCUT2D eigenvalue weighted by Gasteiger charge is -2.07. The summed E-state index contributed by atoms with van der Waals surface area (Å²) in [6, 6.07) is 5.98. The second kappa shape index (κ2) is 10.2. The summed E-state index contributed by atoms with van der Waals surface area (Å²) >= 11 is 0. The van der Waals surface area contributed by atoms with Gasteiger partial charge in [0.15, 0.2) is 0 Å². The number of nitrogens with one attached hydrogen (secondary N) is 1. The molecule has 1 rings (SSSR count). The van der Waals surface area contributed by atoms with E-state index in [1.807, 2.05) is 0 Å². The van der Waals surface area contributed by atoms with Crippen molar-refractivity contribution in [2.24, 2.45) is 0 Å². The van der Waals surface area contributed by atoms with Crippen molar-refractivity contribution in [2.75, 3.05) is 26.3 Å². The van der Waals surface area contributed by atoms with E-state index >= 15 is 0 Å². The van der Waals surface area contributed by atoms with E-state index in [1.165, 1.54) is 12.1 Å². The molecule has 0 unspecified atom stereocenters. The summed E-state index contributed by atoms with van der Waals surface area (Å²) in [6.45, 7) is 4.43. The normalized spacial score (nSPS) is 10.3. The predicted molar refractivity (Wildman–Crippen MR) is 75.2 cm³/mol. The third kappa shape index (κ3) is 7.74. The fraction of sp³-hybridized carbons (Fsp3) is 0.533. The maximum absolute atomic E-state index is 12.7. The number of hydrogen-bond donors (Lipinski definition) is 1. The van der Waals surface area contributed by atoms with Crippen LogP contribution in [0.5, 0.6) is 5.75 Å². The predicted octanol–water partition coefficient (Wildman–Crippen LogP) is 2.53. The van der Waals surface area contributed by atoms with Gasteiger partial charge in [-0.2, -0.15) is 0 Å². The van der Waals surface area contributed by atoms with Crippen LogP contribution < -0.4 is 10.1 Å². The van der Waals surface area contributed by atoms with Gasteiger partial charge in [-0.05, 0) is 57.1 Å². The Morgan fingerprint density at radius 3 is 2.60 bits per heavy atom. The lowest BCUT2D eigenvalue weighted by atomic mass is 10.3. The summed E-state index contributed by atoms with van der Waals surface area (Å²) in [6.07, 6.45) is 2.08. The molecule has 20 heavy (non-hydrogen) atoms. The van der Waals surface area contributed by atoms with Crippen molar-refractivity contribution in [3.63, 3.8) is 0 Å². The standard InChI is InChI=1S/C15H22FNO3/c1-2-19-15(18)5-3-10-17-11-4-12-20-14-8-6-13(16)7-9-14/h6-9,17H,2-5,10-12H2,1H3. The minimum atomic E-state index is -0.263. The molecule has 0 aromatic heterocycles. The van der Waals surface area contributed by atoms with Crippen molar-refractivity contribution in [3.05, 3.63) is 30.1 Å². The Hall–Kier alpha value is -1.62. The van der Waals surface area contributed by atoms with E-state index in [-0.39, 0.29) is 11.8 Å². The van der Waals surface area contributed by atoms with Crippen molar-refractivity contribution >= 4 is 5.97 Å². The third-order valence-electron chi connectivity index (χ3n) is 2.62. The van der Waals surface area contributed by atoms with E-state index in [1.54, 1.807) is 19.1 Å². The molecule has 1 aromatic carbocycles. The van der Waals surface area contributed by atoms with E-state index in [2.05, 4.69) is 5.32 Å². The summed E-state index contributed by atoms with van der Waals surface area (Å²) in [4.78, 5) is 11.1. The molecule has 0 aliphatic carbocycles.